The first-order valence-corrected chi connectivity index (χ1v) is 6.66. The van der Waals surface area contributed by atoms with Crippen LogP contribution in [-0.4, -0.2) is 23.6 Å². The van der Waals surface area contributed by atoms with Gasteiger partial charge in [-0.2, -0.15) is 0 Å². The molecule has 1 N–H and O–H groups in total. The first kappa shape index (κ1) is 12.9. The van der Waals surface area contributed by atoms with Gasteiger partial charge in [-0.15, -0.1) is 0 Å². The molecule has 0 saturated heterocycles. The van der Waals surface area contributed by atoms with Gasteiger partial charge in [-0.3, -0.25) is 0 Å². The molecule has 1 aromatic heterocycles. The zero-order valence-corrected chi connectivity index (χ0v) is 11.4. The number of methoxy groups -OCH3 is 1. The highest BCUT2D eigenvalue weighted by Gasteiger charge is 2.11. The molecule has 104 valence electrons. The summed E-state index contributed by atoms with van der Waals surface area (Å²) in [5.74, 6) is 2.32. The number of hydrogen-bond acceptors (Lipinski definition) is 5. The predicted molar refractivity (Wildman–Crippen MR) is 74.8 cm³/mol. The Morgan fingerprint density at radius 1 is 1.20 bits per heavy atom. The van der Waals surface area contributed by atoms with Crippen LogP contribution in [0, 0.1) is 0 Å². The number of rotatable bonds is 4. The van der Waals surface area contributed by atoms with Gasteiger partial charge in [0.15, 0.2) is 5.82 Å². The van der Waals surface area contributed by atoms with Crippen LogP contribution in [-0.2, 0) is 19.6 Å². The molecule has 0 unspecified atom stereocenters. The molecule has 20 heavy (non-hydrogen) atoms. The maximum absolute atomic E-state index is 5.69. The summed E-state index contributed by atoms with van der Waals surface area (Å²) in [5.41, 5.74) is 2.32. The van der Waals surface area contributed by atoms with E-state index in [1.165, 1.54) is 5.56 Å². The average Bonchev–Trinajstić information content (AvgIpc) is 2.53. The Bertz CT molecular complexity index is 584. The topological polar surface area (TPSA) is 56.3 Å². The van der Waals surface area contributed by atoms with Crippen molar-refractivity contribution >= 4 is 0 Å². The van der Waals surface area contributed by atoms with Crippen LogP contribution in [0.3, 0.4) is 0 Å². The van der Waals surface area contributed by atoms with Crippen LogP contribution in [0.5, 0.6) is 11.5 Å². The van der Waals surface area contributed by atoms with E-state index in [4.69, 9.17) is 9.47 Å². The number of ether oxygens (including phenoxy) is 2. The van der Waals surface area contributed by atoms with Crippen molar-refractivity contribution in [2.45, 2.75) is 19.6 Å². The molecule has 0 saturated carbocycles. The van der Waals surface area contributed by atoms with Gasteiger partial charge in [0.2, 0.25) is 0 Å². The van der Waals surface area contributed by atoms with Crippen molar-refractivity contribution in [1.82, 2.24) is 15.3 Å². The second-order valence-corrected chi connectivity index (χ2v) is 4.65. The molecule has 0 atom stereocenters. The lowest BCUT2D eigenvalue weighted by Gasteiger charge is -2.16. The maximum Gasteiger partial charge on any atom is 0.166 e. The van der Waals surface area contributed by atoms with Gasteiger partial charge in [0, 0.05) is 37.0 Å². The summed E-state index contributed by atoms with van der Waals surface area (Å²) in [6.45, 7) is 2.21. The van der Waals surface area contributed by atoms with Crippen molar-refractivity contribution < 1.29 is 9.47 Å². The summed E-state index contributed by atoms with van der Waals surface area (Å²) < 4.78 is 10.8. The third-order valence-corrected chi connectivity index (χ3v) is 3.29. The van der Waals surface area contributed by atoms with E-state index in [1.807, 2.05) is 30.5 Å². The number of nitrogens with zero attached hydrogens (tertiary/aromatic N) is 2. The van der Waals surface area contributed by atoms with Gasteiger partial charge in [-0.1, -0.05) is 0 Å². The summed E-state index contributed by atoms with van der Waals surface area (Å²) >= 11 is 0. The van der Waals surface area contributed by atoms with E-state index in [2.05, 4.69) is 15.3 Å². The number of fused-ring (bicyclic) bond motifs is 1. The van der Waals surface area contributed by atoms with Gasteiger partial charge < -0.3 is 14.8 Å². The van der Waals surface area contributed by atoms with Crippen molar-refractivity contribution in [1.29, 1.82) is 0 Å². The molecule has 0 bridgehead atoms. The van der Waals surface area contributed by atoms with Crippen molar-refractivity contribution in [3.8, 4) is 11.5 Å². The van der Waals surface area contributed by atoms with Crippen molar-refractivity contribution in [3.05, 3.63) is 47.5 Å². The molecule has 2 aromatic rings. The van der Waals surface area contributed by atoms with Crippen LogP contribution in [0.2, 0.25) is 0 Å². The number of aromatic nitrogens is 2. The summed E-state index contributed by atoms with van der Waals surface area (Å²) in [6.07, 6.45) is 2.84. The van der Waals surface area contributed by atoms with Crippen LogP contribution in [0.25, 0.3) is 0 Å². The number of nitrogens with one attached hydrogen (secondary N) is 1. The molecular weight excluding hydrogens is 254 g/mol. The molecule has 5 heteroatoms. The molecule has 5 nitrogen and oxygen atoms in total. The van der Waals surface area contributed by atoms with Crippen LogP contribution >= 0.6 is 0 Å². The highest BCUT2D eigenvalue weighted by atomic mass is 16.5. The van der Waals surface area contributed by atoms with E-state index < -0.39 is 0 Å². The minimum absolute atomic E-state index is 0.382. The molecular formula is C15H17N3O2. The molecule has 0 amide bonds. The summed E-state index contributed by atoms with van der Waals surface area (Å²) in [7, 11) is 1.64. The van der Waals surface area contributed by atoms with Gasteiger partial charge in [0.25, 0.3) is 0 Å². The Hall–Kier alpha value is -2.14. The lowest BCUT2D eigenvalue weighted by molar-refractivity contribution is 0.294. The molecule has 2 heterocycles. The minimum atomic E-state index is 0.382. The first-order valence-electron chi connectivity index (χ1n) is 6.66. The van der Waals surface area contributed by atoms with E-state index in [-0.39, 0.29) is 0 Å². The Labute approximate surface area is 118 Å². The van der Waals surface area contributed by atoms with Gasteiger partial charge in [-0.25, -0.2) is 9.97 Å². The Balaban J connectivity index is 1.65. The fourth-order valence-corrected chi connectivity index (χ4v) is 2.17. The summed E-state index contributed by atoms with van der Waals surface area (Å²) in [5, 5.41) is 3.31. The normalized spacial score (nSPS) is 13.7. The SMILES string of the molecule is COc1ccc(OCc2ncc3c(n2)CCNC3)cc1. The fraction of sp³-hybridized carbons (Fsp3) is 0.333. The zero-order valence-electron chi connectivity index (χ0n) is 11.4. The molecule has 0 radical (unpaired) electrons. The molecule has 0 aliphatic carbocycles. The monoisotopic (exact) mass is 271 g/mol. The van der Waals surface area contributed by atoms with E-state index in [1.54, 1.807) is 7.11 Å². The fourth-order valence-electron chi connectivity index (χ4n) is 2.17. The van der Waals surface area contributed by atoms with E-state index in [0.29, 0.717) is 6.61 Å². The second-order valence-electron chi connectivity index (χ2n) is 4.65. The maximum atomic E-state index is 5.69. The standard InChI is InChI=1S/C15H17N3O2/c1-19-12-2-4-13(5-3-12)20-10-15-17-9-11-8-16-7-6-14(11)18-15/h2-5,9,16H,6-8,10H2,1H3. The summed E-state index contributed by atoms with van der Waals surface area (Å²) in [6, 6.07) is 7.49. The van der Waals surface area contributed by atoms with Gasteiger partial charge in [0.05, 0.1) is 7.11 Å². The van der Waals surface area contributed by atoms with Crippen molar-refractivity contribution in [2.75, 3.05) is 13.7 Å². The quantitative estimate of drug-likeness (QED) is 0.917. The molecule has 3 rings (SSSR count). The van der Waals surface area contributed by atoms with E-state index >= 15 is 0 Å². The van der Waals surface area contributed by atoms with Gasteiger partial charge in [0.1, 0.15) is 18.1 Å². The Morgan fingerprint density at radius 2 is 2.00 bits per heavy atom. The van der Waals surface area contributed by atoms with Gasteiger partial charge in [-0.05, 0) is 24.3 Å². The largest absolute Gasteiger partial charge is 0.497 e. The van der Waals surface area contributed by atoms with Crippen molar-refractivity contribution in [2.24, 2.45) is 0 Å². The highest BCUT2D eigenvalue weighted by molar-refractivity contribution is 5.31. The van der Waals surface area contributed by atoms with Gasteiger partial charge >= 0.3 is 0 Å². The number of benzene rings is 1. The lowest BCUT2D eigenvalue weighted by atomic mass is 10.1. The van der Waals surface area contributed by atoms with E-state index in [9.17, 15) is 0 Å². The van der Waals surface area contributed by atoms with Crippen molar-refractivity contribution in [3.63, 3.8) is 0 Å². The molecule has 1 aliphatic heterocycles. The highest BCUT2D eigenvalue weighted by Crippen LogP contribution is 2.18. The Morgan fingerprint density at radius 3 is 2.80 bits per heavy atom. The third-order valence-electron chi connectivity index (χ3n) is 3.29. The minimum Gasteiger partial charge on any atom is -0.497 e. The zero-order chi connectivity index (χ0) is 13.8. The third kappa shape index (κ3) is 2.88. The van der Waals surface area contributed by atoms with Crippen LogP contribution in [0.4, 0.5) is 0 Å². The van der Waals surface area contributed by atoms with Crippen LogP contribution in [0.1, 0.15) is 17.1 Å². The number of hydrogen-bond donors (Lipinski definition) is 1. The molecule has 1 aromatic carbocycles. The molecule has 1 aliphatic rings. The lowest BCUT2D eigenvalue weighted by Crippen LogP contribution is -2.25. The average molecular weight is 271 g/mol. The molecule has 0 fully saturated rings. The smallest absolute Gasteiger partial charge is 0.166 e. The second kappa shape index (κ2) is 5.88. The van der Waals surface area contributed by atoms with E-state index in [0.717, 1.165) is 42.5 Å². The predicted octanol–water partition coefficient (Wildman–Crippen LogP) is 1.71. The molecule has 0 spiro atoms. The summed E-state index contributed by atoms with van der Waals surface area (Å²) in [4.78, 5) is 8.90. The van der Waals surface area contributed by atoms with Crippen LogP contribution < -0.4 is 14.8 Å². The Kier molecular flexibility index (Phi) is 3.78. The first-order chi connectivity index (χ1) is 9.85. The van der Waals surface area contributed by atoms with Crippen LogP contribution in [0.15, 0.2) is 30.5 Å².